The van der Waals surface area contributed by atoms with Gasteiger partial charge in [-0.3, -0.25) is 4.79 Å². The van der Waals surface area contributed by atoms with Crippen LogP contribution in [0.15, 0.2) is 29.3 Å². The second-order valence-electron chi connectivity index (χ2n) is 8.39. The lowest BCUT2D eigenvalue weighted by Gasteiger charge is -2.37. The van der Waals surface area contributed by atoms with Crippen LogP contribution in [0.3, 0.4) is 0 Å². The molecule has 0 atom stereocenters. The van der Waals surface area contributed by atoms with E-state index in [1.807, 2.05) is 24.3 Å². The molecule has 0 bridgehead atoms. The standard InChI is InChI=1S/C24H40N4O2/c1-3-5-16-26-22(30)21-11-9-20(10-12-21)18-27-23(25-4-2)28-19-24(15-17-29)13-7-6-8-14-24/h9-12,29H,3-8,13-19H2,1-2H3,(H,26,30)(H2,25,27,28). The molecular weight excluding hydrogens is 376 g/mol. The van der Waals surface area contributed by atoms with Gasteiger partial charge < -0.3 is 21.1 Å². The van der Waals surface area contributed by atoms with Crippen LogP contribution in [0.4, 0.5) is 0 Å². The summed E-state index contributed by atoms with van der Waals surface area (Å²) in [5.41, 5.74) is 1.93. The van der Waals surface area contributed by atoms with E-state index in [9.17, 15) is 9.90 Å². The highest BCUT2D eigenvalue weighted by atomic mass is 16.3. The van der Waals surface area contributed by atoms with Gasteiger partial charge in [0.25, 0.3) is 5.91 Å². The molecule has 1 aliphatic carbocycles. The fourth-order valence-electron chi connectivity index (χ4n) is 4.08. The number of carbonyl (C=O) groups excluding carboxylic acids is 1. The van der Waals surface area contributed by atoms with Crippen LogP contribution in [0, 0.1) is 5.41 Å². The van der Waals surface area contributed by atoms with Crippen molar-refractivity contribution in [2.75, 3.05) is 26.2 Å². The summed E-state index contributed by atoms with van der Waals surface area (Å²) in [6, 6.07) is 7.67. The molecule has 2 rings (SSSR count). The highest BCUT2D eigenvalue weighted by Crippen LogP contribution is 2.38. The average molecular weight is 417 g/mol. The number of hydrogen-bond acceptors (Lipinski definition) is 3. The van der Waals surface area contributed by atoms with E-state index in [1.165, 1.54) is 32.1 Å². The molecule has 0 heterocycles. The zero-order valence-corrected chi connectivity index (χ0v) is 18.8. The monoisotopic (exact) mass is 416 g/mol. The molecule has 1 fully saturated rings. The van der Waals surface area contributed by atoms with E-state index in [0.29, 0.717) is 12.1 Å². The lowest BCUT2D eigenvalue weighted by molar-refractivity contribution is 0.0953. The molecule has 1 aromatic rings. The second-order valence-corrected chi connectivity index (χ2v) is 8.39. The predicted molar refractivity (Wildman–Crippen MR) is 124 cm³/mol. The zero-order chi connectivity index (χ0) is 21.7. The number of guanidine groups is 1. The van der Waals surface area contributed by atoms with Gasteiger partial charge in [0.2, 0.25) is 0 Å². The quantitative estimate of drug-likeness (QED) is 0.252. The number of hydrogen-bond donors (Lipinski definition) is 4. The lowest BCUT2D eigenvalue weighted by atomic mass is 9.72. The van der Waals surface area contributed by atoms with Crippen LogP contribution < -0.4 is 16.0 Å². The van der Waals surface area contributed by atoms with E-state index in [1.54, 1.807) is 0 Å². The smallest absolute Gasteiger partial charge is 0.251 e. The normalized spacial score (nSPS) is 16.2. The van der Waals surface area contributed by atoms with Gasteiger partial charge in [-0.2, -0.15) is 0 Å². The molecular formula is C24H40N4O2. The molecule has 30 heavy (non-hydrogen) atoms. The highest BCUT2D eigenvalue weighted by Gasteiger charge is 2.31. The Balaban J connectivity index is 1.92. The molecule has 1 aliphatic rings. The Morgan fingerprint density at radius 2 is 1.80 bits per heavy atom. The first-order valence-electron chi connectivity index (χ1n) is 11.6. The number of unbranched alkanes of at least 4 members (excludes halogenated alkanes) is 1. The molecule has 1 amide bonds. The summed E-state index contributed by atoms with van der Waals surface area (Å²) in [7, 11) is 0. The van der Waals surface area contributed by atoms with E-state index in [2.05, 4.69) is 29.8 Å². The number of carbonyl (C=O) groups is 1. The summed E-state index contributed by atoms with van der Waals surface area (Å²) in [4.78, 5) is 16.9. The van der Waals surface area contributed by atoms with Gasteiger partial charge in [-0.05, 0) is 55.7 Å². The minimum absolute atomic E-state index is 0.0184. The van der Waals surface area contributed by atoms with E-state index in [4.69, 9.17) is 4.99 Å². The van der Waals surface area contributed by atoms with E-state index in [-0.39, 0.29) is 17.9 Å². The largest absolute Gasteiger partial charge is 0.396 e. The third-order valence-corrected chi connectivity index (χ3v) is 5.98. The fourth-order valence-corrected chi connectivity index (χ4v) is 4.08. The maximum Gasteiger partial charge on any atom is 0.251 e. The molecule has 4 N–H and O–H groups in total. The molecule has 1 saturated carbocycles. The summed E-state index contributed by atoms with van der Waals surface area (Å²) < 4.78 is 0. The van der Waals surface area contributed by atoms with Crippen LogP contribution in [-0.4, -0.2) is 43.2 Å². The maximum atomic E-state index is 12.1. The van der Waals surface area contributed by atoms with Crippen molar-refractivity contribution in [3.8, 4) is 0 Å². The molecule has 1 aromatic carbocycles. The summed E-state index contributed by atoms with van der Waals surface area (Å²) in [6.07, 6.45) is 9.04. The topological polar surface area (TPSA) is 85.8 Å². The van der Waals surface area contributed by atoms with Crippen molar-refractivity contribution in [3.05, 3.63) is 35.4 Å². The molecule has 0 unspecified atom stereocenters. The van der Waals surface area contributed by atoms with Crippen LogP contribution in [0.1, 0.15) is 81.1 Å². The Morgan fingerprint density at radius 3 is 2.43 bits per heavy atom. The van der Waals surface area contributed by atoms with Crippen molar-refractivity contribution >= 4 is 11.9 Å². The number of rotatable bonds is 11. The molecule has 0 aromatic heterocycles. The van der Waals surface area contributed by atoms with E-state index < -0.39 is 0 Å². The summed E-state index contributed by atoms with van der Waals surface area (Å²) in [5.74, 6) is 0.789. The van der Waals surface area contributed by atoms with Crippen molar-refractivity contribution in [2.24, 2.45) is 10.4 Å². The first kappa shape index (κ1) is 24.2. The molecule has 0 saturated heterocycles. The van der Waals surface area contributed by atoms with Crippen molar-refractivity contribution in [1.82, 2.24) is 16.0 Å². The van der Waals surface area contributed by atoms with Gasteiger partial charge in [0.15, 0.2) is 5.96 Å². The van der Waals surface area contributed by atoms with E-state index >= 15 is 0 Å². The number of nitrogens with one attached hydrogen (secondary N) is 3. The van der Waals surface area contributed by atoms with Crippen molar-refractivity contribution in [2.45, 2.75) is 71.8 Å². The minimum atomic E-state index is -0.0184. The van der Waals surface area contributed by atoms with Gasteiger partial charge in [0.05, 0.1) is 6.54 Å². The predicted octanol–water partition coefficient (Wildman–Crippen LogP) is 3.60. The average Bonchev–Trinajstić information content (AvgIpc) is 2.77. The molecule has 0 aliphatic heterocycles. The Labute approximate surface area is 181 Å². The Morgan fingerprint density at radius 1 is 1.07 bits per heavy atom. The third kappa shape index (κ3) is 7.98. The van der Waals surface area contributed by atoms with Crippen LogP contribution in [0.2, 0.25) is 0 Å². The Bertz CT molecular complexity index is 646. The van der Waals surface area contributed by atoms with Gasteiger partial charge in [0, 0.05) is 31.8 Å². The van der Waals surface area contributed by atoms with Crippen LogP contribution in [0.5, 0.6) is 0 Å². The van der Waals surface area contributed by atoms with Crippen LogP contribution >= 0.6 is 0 Å². The first-order chi connectivity index (χ1) is 14.6. The van der Waals surface area contributed by atoms with Crippen molar-refractivity contribution in [1.29, 1.82) is 0 Å². The molecule has 6 nitrogen and oxygen atoms in total. The van der Waals surface area contributed by atoms with Crippen LogP contribution in [-0.2, 0) is 6.54 Å². The van der Waals surface area contributed by atoms with Gasteiger partial charge in [0.1, 0.15) is 0 Å². The fraction of sp³-hybridized carbons (Fsp3) is 0.667. The minimum Gasteiger partial charge on any atom is -0.396 e. The number of benzene rings is 1. The summed E-state index contributed by atoms with van der Waals surface area (Å²) >= 11 is 0. The van der Waals surface area contributed by atoms with Gasteiger partial charge >= 0.3 is 0 Å². The lowest BCUT2D eigenvalue weighted by Crippen LogP contribution is -2.44. The number of aliphatic imine (C=N–C) groups is 1. The molecule has 0 spiro atoms. The van der Waals surface area contributed by atoms with Gasteiger partial charge in [-0.15, -0.1) is 0 Å². The SMILES string of the molecule is CCCCNC(=O)c1ccc(CN=C(NCC)NCC2(CCO)CCCCC2)cc1. The number of aliphatic hydroxyl groups excluding tert-OH is 1. The summed E-state index contributed by atoms with van der Waals surface area (Å²) in [6.45, 7) is 7.34. The zero-order valence-electron chi connectivity index (χ0n) is 18.8. The van der Waals surface area contributed by atoms with Gasteiger partial charge in [-0.25, -0.2) is 4.99 Å². The number of amides is 1. The summed E-state index contributed by atoms with van der Waals surface area (Å²) in [5, 5.41) is 19.3. The second kappa shape index (κ2) is 13.3. The number of nitrogens with zero attached hydrogens (tertiary/aromatic N) is 1. The molecule has 0 radical (unpaired) electrons. The maximum absolute atomic E-state index is 12.1. The van der Waals surface area contributed by atoms with Crippen LogP contribution in [0.25, 0.3) is 0 Å². The Hall–Kier alpha value is -2.08. The molecule has 6 heteroatoms. The molecule has 168 valence electrons. The number of aliphatic hydroxyl groups is 1. The highest BCUT2D eigenvalue weighted by molar-refractivity contribution is 5.94. The first-order valence-corrected chi connectivity index (χ1v) is 11.6. The third-order valence-electron chi connectivity index (χ3n) is 5.98. The Kier molecular flexibility index (Phi) is 10.7. The van der Waals surface area contributed by atoms with E-state index in [0.717, 1.165) is 50.4 Å². The van der Waals surface area contributed by atoms with Crippen molar-refractivity contribution in [3.63, 3.8) is 0 Å². The van der Waals surface area contributed by atoms with Gasteiger partial charge in [-0.1, -0.05) is 44.7 Å². The van der Waals surface area contributed by atoms with Crippen molar-refractivity contribution < 1.29 is 9.90 Å².